The zero-order valence-electron chi connectivity index (χ0n) is 12.3. The molecule has 4 nitrogen and oxygen atoms in total. The second kappa shape index (κ2) is 7.34. The molecule has 0 unspecified atom stereocenters. The molecule has 21 heavy (non-hydrogen) atoms. The molecule has 0 radical (unpaired) electrons. The monoisotopic (exact) mass is 330 g/mol. The molecule has 2 amide bonds. The number of urea groups is 1. The van der Waals surface area contributed by atoms with Gasteiger partial charge in [-0.25, -0.2) is 4.79 Å². The van der Waals surface area contributed by atoms with Crippen LogP contribution < -0.4 is 0 Å². The van der Waals surface area contributed by atoms with Crippen LogP contribution in [0.2, 0.25) is 10.0 Å². The number of benzene rings is 1. The van der Waals surface area contributed by atoms with Gasteiger partial charge in [-0.1, -0.05) is 29.3 Å². The fourth-order valence-corrected chi connectivity index (χ4v) is 2.74. The van der Waals surface area contributed by atoms with Gasteiger partial charge in [0.05, 0.1) is 23.2 Å². The maximum atomic E-state index is 12.4. The Labute approximate surface area is 135 Å². The quantitative estimate of drug-likeness (QED) is 0.843. The molecule has 1 fully saturated rings. The van der Waals surface area contributed by atoms with Crippen LogP contribution in [0, 0.1) is 0 Å². The highest BCUT2D eigenvalue weighted by molar-refractivity contribution is 6.42. The zero-order chi connectivity index (χ0) is 15.4. The molecule has 1 aromatic rings. The number of amides is 2. The minimum Gasteiger partial charge on any atom is -0.370 e. The predicted octanol–water partition coefficient (Wildman–Crippen LogP) is 3.83. The molecule has 0 aliphatic carbocycles. The van der Waals surface area contributed by atoms with Crippen molar-refractivity contribution in [1.29, 1.82) is 0 Å². The van der Waals surface area contributed by atoms with E-state index in [0.29, 0.717) is 42.8 Å². The highest BCUT2D eigenvalue weighted by Gasteiger charge is 2.27. The molecule has 0 saturated carbocycles. The molecule has 0 N–H and O–H groups in total. The first-order chi connectivity index (χ1) is 10.1. The van der Waals surface area contributed by atoms with Gasteiger partial charge in [-0.3, -0.25) is 0 Å². The third kappa shape index (κ3) is 3.82. The van der Waals surface area contributed by atoms with Crippen LogP contribution in [-0.4, -0.2) is 48.6 Å². The highest BCUT2D eigenvalue weighted by Crippen LogP contribution is 2.29. The Morgan fingerprint density at radius 2 is 2.05 bits per heavy atom. The van der Waals surface area contributed by atoms with Crippen molar-refractivity contribution in [2.75, 3.05) is 32.8 Å². The van der Waals surface area contributed by atoms with E-state index >= 15 is 0 Å². The van der Waals surface area contributed by atoms with Crippen LogP contribution in [0.5, 0.6) is 0 Å². The van der Waals surface area contributed by atoms with Crippen molar-refractivity contribution in [2.45, 2.75) is 20.0 Å². The predicted molar refractivity (Wildman–Crippen MR) is 85.0 cm³/mol. The van der Waals surface area contributed by atoms with Gasteiger partial charge in [-0.2, -0.15) is 0 Å². The van der Waals surface area contributed by atoms with Gasteiger partial charge in [-0.15, -0.1) is 0 Å². The van der Waals surface area contributed by atoms with E-state index in [1.165, 1.54) is 0 Å². The molecule has 2 rings (SSSR count). The molecular weight excluding hydrogens is 311 g/mol. The number of carbonyl (C=O) groups is 1. The number of halogens is 2. The summed E-state index contributed by atoms with van der Waals surface area (Å²) in [6.45, 7) is 7.07. The molecule has 0 bridgehead atoms. The van der Waals surface area contributed by atoms with Crippen LogP contribution in [-0.2, 0) is 4.74 Å². The Bertz CT molecular complexity index is 506. The number of ether oxygens (including phenoxy) is 1. The normalized spacial score (nSPS) is 18.7. The van der Waals surface area contributed by atoms with Crippen LogP contribution in [0.15, 0.2) is 18.2 Å². The SMILES string of the molecule is CCN(CC)C(=O)N1CCO[C@H](c2ccc(Cl)c(Cl)c2)C1. The summed E-state index contributed by atoms with van der Waals surface area (Å²) < 4.78 is 5.77. The summed E-state index contributed by atoms with van der Waals surface area (Å²) in [7, 11) is 0. The first kappa shape index (κ1) is 16.4. The number of hydrogen-bond acceptors (Lipinski definition) is 2. The number of hydrogen-bond donors (Lipinski definition) is 0. The maximum Gasteiger partial charge on any atom is 0.320 e. The number of rotatable bonds is 3. The van der Waals surface area contributed by atoms with E-state index < -0.39 is 0 Å². The molecule has 6 heteroatoms. The van der Waals surface area contributed by atoms with E-state index in [1.807, 2.05) is 29.7 Å². The van der Waals surface area contributed by atoms with E-state index in [1.54, 1.807) is 12.1 Å². The summed E-state index contributed by atoms with van der Waals surface area (Å²) in [6.07, 6.45) is -0.159. The topological polar surface area (TPSA) is 32.8 Å². The molecule has 0 spiro atoms. The van der Waals surface area contributed by atoms with Crippen molar-refractivity contribution in [3.8, 4) is 0 Å². The second-order valence-corrected chi connectivity index (χ2v) is 5.75. The van der Waals surface area contributed by atoms with Crippen molar-refractivity contribution in [2.24, 2.45) is 0 Å². The standard InChI is InChI=1S/C15H20Cl2N2O2/c1-3-18(4-2)15(20)19-7-8-21-14(10-19)11-5-6-12(16)13(17)9-11/h5-6,9,14H,3-4,7-8,10H2,1-2H3/t14-/m0/s1. The lowest BCUT2D eigenvalue weighted by Crippen LogP contribution is -2.48. The molecule has 0 aromatic heterocycles. The largest absolute Gasteiger partial charge is 0.370 e. The highest BCUT2D eigenvalue weighted by atomic mass is 35.5. The van der Waals surface area contributed by atoms with Crippen LogP contribution >= 0.6 is 23.2 Å². The summed E-state index contributed by atoms with van der Waals surface area (Å²) >= 11 is 12.0. The van der Waals surface area contributed by atoms with Crippen molar-refractivity contribution in [3.05, 3.63) is 33.8 Å². The Balaban J connectivity index is 2.09. The molecule has 1 atom stereocenters. The van der Waals surface area contributed by atoms with Crippen molar-refractivity contribution in [3.63, 3.8) is 0 Å². The van der Waals surface area contributed by atoms with Gasteiger partial charge in [0.25, 0.3) is 0 Å². The lowest BCUT2D eigenvalue weighted by molar-refractivity contribution is -0.0202. The summed E-state index contributed by atoms with van der Waals surface area (Å²) in [5, 5.41) is 1.03. The van der Waals surface area contributed by atoms with Crippen LogP contribution in [0.25, 0.3) is 0 Å². The third-order valence-corrected chi connectivity index (χ3v) is 4.43. The molecule has 1 aliphatic heterocycles. The van der Waals surface area contributed by atoms with Crippen molar-refractivity contribution < 1.29 is 9.53 Å². The van der Waals surface area contributed by atoms with Gasteiger partial charge >= 0.3 is 6.03 Å². The average Bonchev–Trinajstić information content (AvgIpc) is 2.51. The molecule has 1 heterocycles. The van der Waals surface area contributed by atoms with E-state index in [9.17, 15) is 4.79 Å². The number of nitrogens with zero attached hydrogens (tertiary/aromatic N) is 2. The summed E-state index contributed by atoms with van der Waals surface area (Å²) in [5.74, 6) is 0. The lowest BCUT2D eigenvalue weighted by Gasteiger charge is -2.36. The fraction of sp³-hybridized carbons (Fsp3) is 0.533. The van der Waals surface area contributed by atoms with Gasteiger partial charge in [0, 0.05) is 19.6 Å². The van der Waals surface area contributed by atoms with Gasteiger partial charge in [-0.05, 0) is 31.5 Å². The number of carbonyl (C=O) groups excluding carboxylic acids is 1. The second-order valence-electron chi connectivity index (χ2n) is 4.93. The molecular formula is C15H20Cl2N2O2. The third-order valence-electron chi connectivity index (χ3n) is 3.69. The Hall–Kier alpha value is -0.970. The van der Waals surface area contributed by atoms with Gasteiger partial charge in [0.2, 0.25) is 0 Å². The van der Waals surface area contributed by atoms with Crippen molar-refractivity contribution >= 4 is 29.2 Å². The van der Waals surface area contributed by atoms with E-state index in [4.69, 9.17) is 27.9 Å². The minimum absolute atomic E-state index is 0.0633. The smallest absolute Gasteiger partial charge is 0.320 e. The van der Waals surface area contributed by atoms with Crippen LogP contribution in [0.3, 0.4) is 0 Å². The summed E-state index contributed by atoms with van der Waals surface area (Å²) in [6, 6.07) is 5.52. The molecule has 116 valence electrons. The Kier molecular flexibility index (Phi) is 5.73. The Morgan fingerprint density at radius 1 is 1.33 bits per heavy atom. The zero-order valence-corrected chi connectivity index (χ0v) is 13.8. The van der Waals surface area contributed by atoms with Gasteiger partial charge in [0.1, 0.15) is 6.10 Å². The lowest BCUT2D eigenvalue weighted by atomic mass is 10.1. The van der Waals surface area contributed by atoms with E-state index in [-0.39, 0.29) is 12.1 Å². The fourth-order valence-electron chi connectivity index (χ4n) is 2.43. The molecule has 1 saturated heterocycles. The van der Waals surface area contributed by atoms with Gasteiger partial charge < -0.3 is 14.5 Å². The van der Waals surface area contributed by atoms with Crippen molar-refractivity contribution in [1.82, 2.24) is 9.80 Å². The van der Waals surface area contributed by atoms with E-state index in [2.05, 4.69) is 0 Å². The maximum absolute atomic E-state index is 12.4. The van der Waals surface area contributed by atoms with E-state index in [0.717, 1.165) is 5.56 Å². The van der Waals surface area contributed by atoms with Gasteiger partial charge in [0.15, 0.2) is 0 Å². The van der Waals surface area contributed by atoms with Crippen LogP contribution in [0.4, 0.5) is 4.79 Å². The molecule has 1 aromatic carbocycles. The summed E-state index contributed by atoms with van der Waals surface area (Å²) in [5.41, 5.74) is 0.946. The first-order valence-corrected chi connectivity index (χ1v) is 7.92. The Morgan fingerprint density at radius 3 is 2.67 bits per heavy atom. The number of morpholine rings is 1. The summed E-state index contributed by atoms with van der Waals surface area (Å²) in [4.78, 5) is 16.1. The average molecular weight is 331 g/mol. The minimum atomic E-state index is -0.159. The first-order valence-electron chi connectivity index (χ1n) is 7.17. The van der Waals surface area contributed by atoms with Crippen LogP contribution in [0.1, 0.15) is 25.5 Å². The molecule has 1 aliphatic rings.